The average molecular weight is 244 g/mol. The smallest absolute Gasteiger partial charge is 0.181 e. The molecule has 0 bridgehead atoms. The fourth-order valence-corrected chi connectivity index (χ4v) is 2.45. The number of nitrogens with one attached hydrogen (secondary N) is 1. The Morgan fingerprint density at radius 2 is 2.06 bits per heavy atom. The lowest BCUT2D eigenvalue weighted by atomic mass is 10.1. The Morgan fingerprint density at radius 3 is 2.72 bits per heavy atom. The fraction of sp³-hybridized carbons (Fsp3) is 0.467. The summed E-state index contributed by atoms with van der Waals surface area (Å²) in [6, 6.07) is 4.57. The predicted molar refractivity (Wildman–Crippen MR) is 72.4 cm³/mol. The molecule has 0 unspecified atom stereocenters. The molecular weight excluding hydrogens is 222 g/mol. The molecule has 0 aliphatic heterocycles. The maximum atomic E-state index is 4.06. The van der Waals surface area contributed by atoms with Crippen LogP contribution in [-0.4, -0.2) is 9.97 Å². The third-order valence-electron chi connectivity index (χ3n) is 3.27. The van der Waals surface area contributed by atoms with E-state index < -0.39 is 0 Å². The Balaban J connectivity index is 2.19. The molecule has 2 aromatic heterocycles. The zero-order valence-electron chi connectivity index (χ0n) is 11.5. The van der Waals surface area contributed by atoms with Crippen LogP contribution in [0.3, 0.4) is 0 Å². The van der Waals surface area contributed by atoms with Crippen LogP contribution in [0, 0.1) is 13.8 Å². The van der Waals surface area contributed by atoms with E-state index in [0.717, 1.165) is 19.4 Å². The molecular formula is C15H22N3+. The van der Waals surface area contributed by atoms with Crippen molar-refractivity contribution in [1.29, 1.82) is 0 Å². The Morgan fingerprint density at radius 1 is 1.22 bits per heavy atom. The normalized spacial score (nSPS) is 10.8. The average Bonchev–Trinajstić information content (AvgIpc) is 2.81. The van der Waals surface area contributed by atoms with Gasteiger partial charge in [0.2, 0.25) is 0 Å². The van der Waals surface area contributed by atoms with Crippen molar-refractivity contribution in [1.82, 2.24) is 9.97 Å². The third-order valence-corrected chi connectivity index (χ3v) is 3.27. The van der Waals surface area contributed by atoms with E-state index in [4.69, 9.17) is 0 Å². The number of rotatable bonds is 5. The van der Waals surface area contributed by atoms with Crippen molar-refractivity contribution in [2.45, 2.75) is 46.6 Å². The van der Waals surface area contributed by atoms with Crippen LogP contribution in [0.4, 0.5) is 0 Å². The van der Waals surface area contributed by atoms with Crippen molar-refractivity contribution in [3.05, 3.63) is 47.3 Å². The van der Waals surface area contributed by atoms with Gasteiger partial charge in [-0.15, -0.1) is 0 Å². The molecule has 3 heteroatoms. The second-order valence-electron chi connectivity index (χ2n) is 4.89. The van der Waals surface area contributed by atoms with Crippen molar-refractivity contribution >= 4 is 0 Å². The van der Waals surface area contributed by atoms with Gasteiger partial charge in [-0.05, 0) is 18.9 Å². The number of aromatic nitrogens is 3. The van der Waals surface area contributed by atoms with Gasteiger partial charge in [-0.3, -0.25) is 0 Å². The van der Waals surface area contributed by atoms with Crippen molar-refractivity contribution in [3.8, 4) is 0 Å². The van der Waals surface area contributed by atoms with Crippen LogP contribution in [0.25, 0.3) is 0 Å². The molecule has 18 heavy (non-hydrogen) atoms. The highest BCUT2D eigenvalue weighted by Gasteiger charge is 2.14. The molecule has 0 atom stereocenters. The van der Waals surface area contributed by atoms with Crippen molar-refractivity contribution in [2.24, 2.45) is 0 Å². The van der Waals surface area contributed by atoms with Gasteiger partial charge in [0.15, 0.2) is 17.9 Å². The molecule has 0 saturated carbocycles. The molecule has 0 spiro atoms. The number of hydrogen-bond acceptors (Lipinski definition) is 1. The fourth-order valence-electron chi connectivity index (χ4n) is 2.45. The number of hydrogen-bond donors (Lipinski definition) is 1. The second kappa shape index (κ2) is 5.80. The lowest BCUT2D eigenvalue weighted by molar-refractivity contribution is -0.709. The molecule has 0 aliphatic rings. The van der Waals surface area contributed by atoms with E-state index in [1.807, 2.05) is 6.20 Å². The summed E-state index contributed by atoms with van der Waals surface area (Å²) in [5.74, 6) is 0. The van der Waals surface area contributed by atoms with Crippen molar-refractivity contribution in [3.63, 3.8) is 0 Å². The van der Waals surface area contributed by atoms with Gasteiger partial charge in [0.05, 0.1) is 6.33 Å². The summed E-state index contributed by atoms with van der Waals surface area (Å²) in [6.45, 7) is 7.62. The van der Waals surface area contributed by atoms with Gasteiger partial charge >= 0.3 is 0 Å². The largest absolute Gasteiger partial charge is 0.348 e. The highest BCUT2D eigenvalue weighted by atomic mass is 15.0. The van der Waals surface area contributed by atoms with Crippen LogP contribution in [0.5, 0.6) is 0 Å². The molecule has 0 aliphatic carbocycles. The van der Waals surface area contributed by atoms with E-state index >= 15 is 0 Å². The van der Waals surface area contributed by atoms with E-state index in [9.17, 15) is 0 Å². The van der Waals surface area contributed by atoms with Gasteiger partial charge in [0.1, 0.15) is 0 Å². The Bertz CT molecular complexity index is 501. The number of nitrogens with zero attached hydrogens (tertiary/aromatic N) is 2. The lowest BCUT2D eigenvalue weighted by Gasteiger charge is -2.07. The van der Waals surface area contributed by atoms with Crippen molar-refractivity contribution in [2.75, 3.05) is 0 Å². The first-order valence-electron chi connectivity index (χ1n) is 6.68. The Hall–Kier alpha value is -1.64. The summed E-state index contributed by atoms with van der Waals surface area (Å²) in [6.07, 6.45) is 6.99. The molecule has 0 aromatic carbocycles. The monoisotopic (exact) mass is 244 g/mol. The Kier molecular flexibility index (Phi) is 4.13. The van der Waals surface area contributed by atoms with Crippen LogP contribution in [0.2, 0.25) is 0 Å². The molecule has 0 amide bonds. The van der Waals surface area contributed by atoms with Crippen LogP contribution >= 0.6 is 0 Å². The van der Waals surface area contributed by atoms with E-state index in [1.165, 1.54) is 29.1 Å². The molecule has 2 aromatic rings. The number of aromatic amines is 1. The quantitative estimate of drug-likeness (QED) is 0.805. The van der Waals surface area contributed by atoms with Gasteiger partial charge < -0.3 is 4.98 Å². The minimum atomic E-state index is 1.01. The van der Waals surface area contributed by atoms with E-state index in [0.29, 0.717) is 0 Å². The molecule has 2 rings (SSSR count). The van der Waals surface area contributed by atoms with Gasteiger partial charge in [0.25, 0.3) is 0 Å². The van der Waals surface area contributed by atoms with E-state index in [-0.39, 0.29) is 0 Å². The number of aryl methyl sites for hydroxylation is 4. The summed E-state index contributed by atoms with van der Waals surface area (Å²) in [5, 5.41) is 0. The van der Waals surface area contributed by atoms with Crippen LogP contribution in [-0.2, 0) is 19.4 Å². The highest BCUT2D eigenvalue weighted by molar-refractivity contribution is 5.14. The van der Waals surface area contributed by atoms with Gasteiger partial charge in [-0.25, -0.2) is 4.98 Å². The van der Waals surface area contributed by atoms with Gasteiger partial charge in [0, 0.05) is 43.8 Å². The van der Waals surface area contributed by atoms with Crippen LogP contribution in [0.15, 0.2) is 24.7 Å². The van der Waals surface area contributed by atoms with Gasteiger partial charge in [-0.2, -0.15) is 4.57 Å². The molecule has 1 N–H and O–H groups in total. The maximum absolute atomic E-state index is 4.06. The number of H-pyrrole nitrogens is 1. The SMILES string of the molecule is CCCc1cc(C)cc(C)[n+]1CCc1cnc[nH]1. The summed E-state index contributed by atoms with van der Waals surface area (Å²) in [7, 11) is 0. The summed E-state index contributed by atoms with van der Waals surface area (Å²) >= 11 is 0. The van der Waals surface area contributed by atoms with E-state index in [1.54, 1.807) is 6.33 Å². The topological polar surface area (TPSA) is 32.6 Å². The zero-order valence-corrected chi connectivity index (χ0v) is 11.5. The maximum Gasteiger partial charge on any atom is 0.181 e. The Labute approximate surface area is 109 Å². The van der Waals surface area contributed by atoms with Crippen LogP contribution in [0.1, 0.15) is 36.0 Å². The summed E-state index contributed by atoms with van der Waals surface area (Å²) in [4.78, 5) is 7.23. The molecule has 0 saturated heterocycles. The van der Waals surface area contributed by atoms with Crippen molar-refractivity contribution < 1.29 is 4.57 Å². The molecule has 96 valence electrons. The second-order valence-corrected chi connectivity index (χ2v) is 4.89. The standard InChI is InChI=1S/C15H22N3/c1-4-5-15-9-12(2)8-13(3)18(15)7-6-14-10-16-11-17-14/h8-11H,4-7H2,1-3H3,(H,16,17)/q+1. The summed E-state index contributed by atoms with van der Waals surface area (Å²) < 4.78 is 2.43. The third kappa shape index (κ3) is 2.97. The first-order chi connectivity index (χ1) is 8.70. The number of imidazole rings is 1. The minimum Gasteiger partial charge on any atom is -0.348 e. The molecule has 2 heterocycles. The lowest BCUT2D eigenvalue weighted by Crippen LogP contribution is -2.42. The molecule has 0 radical (unpaired) electrons. The first kappa shape index (κ1) is 12.8. The first-order valence-corrected chi connectivity index (χ1v) is 6.68. The molecule has 0 fully saturated rings. The van der Waals surface area contributed by atoms with Crippen LogP contribution < -0.4 is 4.57 Å². The summed E-state index contributed by atoms with van der Waals surface area (Å²) in [5.41, 5.74) is 5.34. The molecule has 3 nitrogen and oxygen atoms in total. The van der Waals surface area contributed by atoms with E-state index in [2.05, 4.69) is 47.4 Å². The minimum absolute atomic E-state index is 1.01. The zero-order chi connectivity index (χ0) is 13.0. The highest BCUT2D eigenvalue weighted by Crippen LogP contribution is 2.06. The number of pyridine rings is 1. The van der Waals surface area contributed by atoms with Gasteiger partial charge in [-0.1, -0.05) is 6.92 Å². The predicted octanol–water partition coefficient (Wildman–Crippen LogP) is 2.51.